The molecule has 0 aliphatic heterocycles. The lowest BCUT2D eigenvalue weighted by Crippen LogP contribution is -1.96. The number of ether oxygens (including phenoxy) is 1. The molecule has 0 spiro atoms. The van der Waals surface area contributed by atoms with Crippen molar-refractivity contribution >= 4 is 12.3 Å². The molecule has 0 fully saturated rings. The van der Waals surface area contributed by atoms with Crippen molar-refractivity contribution in [3.8, 4) is 11.8 Å². The molecular formula is C11H7FO3. The van der Waals surface area contributed by atoms with Gasteiger partial charge >= 0.3 is 5.97 Å². The van der Waals surface area contributed by atoms with E-state index < -0.39 is 11.8 Å². The number of hydrogen-bond acceptors (Lipinski definition) is 3. The molecule has 0 atom stereocenters. The molecule has 76 valence electrons. The predicted octanol–water partition coefficient (Wildman–Crippen LogP) is 1.16. The van der Waals surface area contributed by atoms with Crippen LogP contribution in [0.2, 0.25) is 0 Å². The van der Waals surface area contributed by atoms with Gasteiger partial charge in [0.2, 0.25) is 0 Å². The van der Waals surface area contributed by atoms with Gasteiger partial charge in [-0.3, -0.25) is 4.79 Å². The van der Waals surface area contributed by atoms with Crippen LogP contribution in [0.3, 0.4) is 0 Å². The minimum atomic E-state index is -0.758. The summed E-state index contributed by atoms with van der Waals surface area (Å²) in [6, 6.07) is 4.18. The van der Waals surface area contributed by atoms with Crippen LogP contribution in [0.1, 0.15) is 15.9 Å². The Labute approximate surface area is 85.9 Å². The average molecular weight is 206 g/mol. The lowest BCUT2D eigenvalue weighted by molar-refractivity contribution is -0.133. The molecule has 0 unspecified atom stereocenters. The van der Waals surface area contributed by atoms with Gasteiger partial charge in [0.1, 0.15) is 5.82 Å². The van der Waals surface area contributed by atoms with Gasteiger partial charge in [0.05, 0.1) is 18.2 Å². The number of benzene rings is 1. The fraction of sp³-hybridized carbons (Fsp3) is 0.0909. The van der Waals surface area contributed by atoms with Crippen molar-refractivity contribution in [2.24, 2.45) is 0 Å². The Hall–Kier alpha value is -2.15. The quantitative estimate of drug-likeness (QED) is 0.393. The van der Waals surface area contributed by atoms with Crippen molar-refractivity contribution in [3.05, 3.63) is 35.1 Å². The van der Waals surface area contributed by atoms with Gasteiger partial charge in [-0.25, -0.2) is 9.18 Å². The second-order valence-electron chi connectivity index (χ2n) is 2.57. The molecule has 0 bridgehead atoms. The van der Waals surface area contributed by atoms with Crippen LogP contribution in [0.25, 0.3) is 0 Å². The molecule has 0 radical (unpaired) electrons. The molecule has 0 N–H and O–H groups in total. The summed E-state index contributed by atoms with van der Waals surface area (Å²) in [4.78, 5) is 21.1. The highest BCUT2D eigenvalue weighted by atomic mass is 19.1. The molecule has 0 aromatic heterocycles. The molecule has 0 saturated carbocycles. The first-order valence-corrected chi connectivity index (χ1v) is 4.02. The van der Waals surface area contributed by atoms with E-state index in [1.807, 2.05) is 0 Å². The minimum Gasteiger partial charge on any atom is -0.459 e. The Morgan fingerprint density at radius 2 is 2.27 bits per heavy atom. The zero-order valence-electron chi connectivity index (χ0n) is 7.91. The summed E-state index contributed by atoms with van der Waals surface area (Å²) in [5.74, 6) is 2.86. The Bertz CT molecular complexity index is 455. The molecule has 0 amide bonds. The molecule has 1 aromatic carbocycles. The van der Waals surface area contributed by atoms with Crippen molar-refractivity contribution in [1.29, 1.82) is 0 Å². The maximum absolute atomic E-state index is 13.3. The van der Waals surface area contributed by atoms with Crippen LogP contribution in [-0.2, 0) is 9.53 Å². The van der Waals surface area contributed by atoms with Gasteiger partial charge in [-0.2, -0.15) is 0 Å². The number of rotatable bonds is 1. The maximum Gasteiger partial charge on any atom is 0.384 e. The van der Waals surface area contributed by atoms with Crippen molar-refractivity contribution in [1.82, 2.24) is 0 Å². The van der Waals surface area contributed by atoms with Gasteiger partial charge in [0, 0.05) is 5.92 Å². The minimum absolute atomic E-state index is 0.00926. The SMILES string of the molecule is COC(=O)C#Cc1cccc(C=O)c1F. The number of halogens is 1. The Morgan fingerprint density at radius 1 is 1.53 bits per heavy atom. The average Bonchev–Trinajstić information content (AvgIpc) is 2.27. The number of hydrogen-bond donors (Lipinski definition) is 0. The van der Waals surface area contributed by atoms with E-state index in [0.717, 1.165) is 0 Å². The van der Waals surface area contributed by atoms with Crippen LogP contribution in [-0.4, -0.2) is 19.4 Å². The van der Waals surface area contributed by atoms with E-state index in [-0.39, 0.29) is 11.1 Å². The molecule has 15 heavy (non-hydrogen) atoms. The third kappa shape index (κ3) is 2.64. The number of carbonyl (C=O) groups is 2. The molecule has 0 heterocycles. The first kappa shape index (κ1) is 10.9. The normalized spacial score (nSPS) is 8.67. The largest absolute Gasteiger partial charge is 0.459 e. The summed E-state index contributed by atoms with van der Waals surface area (Å²) in [5.41, 5.74) is -0.100. The van der Waals surface area contributed by atoms with Gasteiger partial charge in [0.15, 0.2) is 6.29 Å². The third-order valence-corrected chi connectivity index (χ3v) is 1.64. The molecule has 0 aliphatic carbocycles. The van der Waals surface area contributed by atoms with Gasteiger partial charge in [-0.1, -0.05) is 12.0 Å². The van der Waals surface area contributed by atoms with Crippen LogP contribution in [0.5, 0.6) is 0 Å². The maximum atomic E-state index is 13.3. The number of aldehydes is 1. The fourth-order valence-electron chi connectivity index (χ4n) is 0.907. The summed E-state index contributed by atoms with van der Waals surface area (Å²) in [6.07, 6.45) is 0.388. The summed E-state index contributed by atoms with van der Waals surface area (Å²) in [6.45, 7) is 0. The van der Waals surface area contributed by atoms with Crippen LogP contribution >= 0.6 is 0 Å². The van der Waals surface area contributed by atoms with Gasteiger partial charge < -0.3 is 4.74 Å². The molecule has 0 aliphatic rings. The topological polar surface area (TPSA) is 43.4 Å². The van der Waals surface area contributed by atoms with E-state index >= 15 is 0 Å². The van der Waals surface area contributed by atoms with Gasteiger partial charge in [0.25, 0.3) is 0 Å². The van der Waals surface area contributed by atoms with Crippen LogP contribution in [0, 0.1) is 17.7 Å². The zero-order chi connectivity index (χ0) is 11.3. The van der Waals surface area contributed by atoms with E-state index in [4.69, 9.17) is 0 Å². The second-order valence-corrected chi connectivity index (χ2v) is 2.57. The standard InChI is InChI=1S/C11H7FO3/c1-15-10(14)6-5-8-3-2-4-9(7-13)11(8)12/h2-4,7H,1H3. The number of esters is 1. The lowest BCUT2D eigenvalue weighted by atomic mass is 10.1. The molecular weight excluding hydrogens is 199 g/mol. The van der Waals surface area contributed by atoms with E-state index in [2.05, 4.69) is 16.6 Å². The van der Waals surface area contributed by atoms with Crippen molar-refractivity contribution in [2.75, 3.05) is 7.11 Å². The van der Waals surface area contributed by atoms with Crippen molar-refractivity contribution in [3.63, 3.8) is 0 Å². The van der Waals surface area contributed by atoms with Gasteiger partial charge in [-0.15, -0.1) is 0 Å². The van der Waals surface area contributed by atoms with Crippen molar-refractivity contribution in [2.45, 2.75) is 0 Å². The van der Waals surface area contributed by atoms with Crippen LogP contribution < -0.4 is 0 Å². The molecule has 1 aromatic rings. The Morgan fingerprint density at radius 3 is 2.87 bits per heavy atom. The summed E-state index contributed by atoms with van der Waals surface area (Å²) in [7, 11) is 1.18. The summed E-state index contributed by atoms with van der Waals surface area (Å²) in [5, 5.41) is 0. The van der Waals surface area contributed by atoms with Crippen molar-refractivity contribution < 1.29 is 18.7 Å². The van der Waals surface area contributed by atoms with Crippen LogP contribution in [0.4, 0.5) is 4.39 Å². The molecule has 0 saturated heterocycles. The van der Waals surface area contributed by atoms with E-state index in [1.165, 1.54) is 25.3 Å². The highest BCUT2D eigenvalue weighted by Gasteiger charge is 2.04. The van der Waals surface area contributed by atoms with E-state index in [9.17, 15) is 14.0 Å². The Kier molecular flexibility index (Phi) is 3.58. The molecule has 4 heteroatoms. The monoisotopic (exact) mass is 206 g/mol. The molecule has 1 rings (SSSR count). The van der Waals surface area contributed by atoms with E-state index in [0.29, 0.717) is 6.29 Å². The van der Waals surface area contributed by atoms with E-state index in [1.54, 1.807) is 0 Å². The lowest BCUT2D eigenvalue weighted by Gasteiger charge is -1.96. The first-order chi connectivity index (χ1) is 7.19. The first-order valence-electron chi connectivity index (χ1n) is 4.02. The second kappa shape index (κ2) is 4.91. The Balaban J connectivity index is 3.09. The van der Waals surface area contributed by atoms with Gasteiger partial charge in [-0.05, 0) is 12.1 Å². The molecule has 3 nitrogen and oxygen atoms in total. The predicted molar refractivity (Wildman–Crippen MR) is 50.7 cm³/mol. The third-order valence-electron chi connectivity index (χ3n) is 1.64. The number of carbonyl (C=O) groups excluding carboxylic acids is 2. The highest BCUT2D eigenvalue weighted by molar-refractivity contribution is 5.89. The highest BCUT2D eigenvalue weighted by Crippen LogP contribution is 2.09. The fourth-order valence-corrected chi connectivity index (χ4v) is 0.907. The smallest absolute Gasteiger partial charge is 0.384 e. The zero-order valence-corrected chi connectivity index (χ0v) is 7.91. The van der Waals surface area contributed by atoms with Crippen LogP contribution in [0.15, 0.2) is 18.2 Å². The number of methoxy groups -OCH3 is 1. The summed E-state index contributed by atoms with van der Waals surface area (Å²) >= 11 is 0. The summed E-state index contributed by atoms with van der Waals surface area (Å²) < 4.78 is 17.6.